The summed E-state index contributed by atoms with van der Waals surface area (Å²) < 4.78 is 0. The SMILES string of the molecule is C=C(C)CNC(=O)CCc1cccc(N)c1. The van der Waals surface area contributed by atoms with Gasteiger partial charge in [-0.05, 0) is 31.0 Å². The maximum Gasteiger partial charge on any atom is 0.220 e. The van der Waals surface area contributed by atoms with Crippen LogP contribution in [0.1, 0.15) is 18.9 Å². The van der Waals surface area contributed by atoms with E-state index >= 15 is 0 Å². The molecular formula is C13H18N2O. The van der Waals surface area contributed by atoms with Crippen LogP contribution in [0.15, 0.2) is 36.4 Å². The van der Waals surface area contributed by atoms with E-state index in [1.165, 1.54) is 0 Å². The zero-order valence-electron chi connectivity index (χ0n) is 9.62. The highest BCUT2D eigenvalue weighted by molar-refractivity contribution is 5.76. The first-order valence-corrected chi connectivity index (χ1v) is 5.33. The molecule has 0 aliphatic rings. The number of amides is 1. The Labute approximate surface area is 96.3 Å². The second-order valence-electron chi connectivity index (χ2n) is 3.98. The summed E-state index contributed by atoms with van der Waals surface area (Å²) in [5.74, 6) is 0.0467. The van der Waals surface area contributed by atoms with Crippen LogP contribution < -0.4 is 11.1 Å². The number of nitrogens with two attached hydrogens (primary N) is 1. The first-order valence-electron chi connectivity index (χ1n) is 5.33. The molecule has 86 valence electrons. The Hall–Kier alpha value is -1.77. The molecular weight excluding hydrogens is 200 g/mol. The Morgan fingerprint density at radius 1 is 1.50 bits per heavy atom. The van der Waals surface area contributed by atoms with E-state index in [1.54, 1.807) is 0 Å². The number of carbonyl (C=O) groups excluding carboxylic acids is 1. The molecule has 0 aliphatic carbocycles. The molecule has 0 aromatic heterocycles. The molecule has 16 heavy (non-hydrogen) atoms. The molecule has 3 nitrogen and oxygen atoms in total. The summed E-state index contributed by atoms with van der Waals surface area (Å²) in [6.45, 7) is 6.16. The van der Waals surface area contributed by atoms with Gasteiger partial charge in [0.15, 0.2) is 0 Å². The van der Waals surface area contributed by atoms with E-state index in [-0.39, 0.29) is 5.91 Å². The highest BCUT2D eigenvalue weighted by Gasteiger charge is 2.01. The molecule has 0 fully saturated rings. The molecule has 3 N–H and O–H groups in total. The average molecular weight is 218 g/mol. The molecule has 1 rings (SSSR count). The van der Waals surface area contributed by atoms with Crippen LogP contribution in [0.2, 0.25) is 0 Å². The van der Waals surface area contributed by atoms with Gasteiger partial charge in [0.2, 0.25) is 5.91 Å². The van der Waals surface area contributed by atoms with Crippen molar-refractivity contribution in [1.82, 2.24) is 5.32 Å². The zero-order valence-corrected chi connectivity index (χ0v) is 9.62. The second kappa shape index (κ2) is 5.95. The molecule has 0 spiro atoms. The molecule has 0 aliphatic heterocycles. The van der Waals surface area contributed by atoms with Crippen LogP contribution in [0.3, 0.4) is 0 Å². The van der Waals surface area contributed by atoms with Gasteiger partial charge in [-0.25, -0.2) is 0 Å². The van der Waals surface area contributed by atoms with Gasteiger partial charge >= 0.3 is 0 Å². The summed E-state index contributed by atoms with van der Waals surface area (Å²) >= 11 is 0. The van der Waals surface area contributed by atoms with E-state index in [0.29, 0.717) is 19.4 Å². The number of nitrogens with one attached hydrogen (secondary N) is 1. The lowest BCUT2D eigenvalue weighted by Crippen LogP contribution is -2.24. The number of aryl methyl sites for hydroxylation is 1. The third kappa shape index (κ3) is 4.64. The second-order valence-corrected chi connectivity index (χ2v) is 3.98. The monoisotopic (exact) mass is 218 g/mol. The maximum atomic E-state index is 11.4. The number of hydrogen-bond donors (Lipinski definition) is 2. The van der Waals surface area contributed by atoms with Gasteiger partial charge in [0.05, 0.1) is 0 Å². The van der Waals surface area contributed by atoms with Crippen LogP contribution in [-0.4, -0.2) is 12.5 Å². The highest BCUT2D eigenvalue weighted by atomic mass is 16.1. The van der Waals surface area contributed by atoms with Gasteiger partial charge in [0.1, 0.15) is 0 Å². The topological polar surface area (TPSA) is 55.1 Å². The minimum Gasteiger partial charge on any atom is -0.399 e. The van der Waals surface area contributed by atoms with Gasteiger partial charge in [0.25, 0.3) is 0 Å². The Morgan fingerprint density at radius 3 is 2.88 bits per heavy atom. The lowest BCUT2D eigenvalue weighted by molar-refractivity contribution is -0.120. The Morgan fingerprint density at radius 2 is 2.25 bits per heavy atom. The van der Waals surface area contributed by atoms with Crippen molar-refractivity contribution in [2.45, 2.75) is 19.8 Å². The third-order valence-corrected chi connectivity index (χ3v) is 2.18. The summed E-state index contributed by atoms with van der Waals surface area (Å²) in [5.41, 5.74) is 8.43. The van der Waals surface area contributed by atoms with Crippen LogP contribution in [0, 0.1) is 0 Å². The molecule has 0 unspecified atom stereocenters. The van der Waals surface area contributed by atoms with Crippen LogP contribution in [0.4, 0.5) is 5.69 Å². The number of rotatable bonds is 5. The lowest BCUT2D eigenvalue weighted by Gasteiger charge is -2.05. The van der Waals surface area contributed by atoms with Gasteiger partial charge < -0.3 is 11.1 Å². The van der Waals surface area contributed by atoms with Gasteiger partial charge in [-0.1, -0.05) is 24.3 Å². The number of carbonyl (C=O) groups is 1. The van der Waals surface area contributed by atoms with Gasteiger partial charge in [-0.2, -0.15) is 0 Å². The summed E-state index contributed by atoms with van der Waals surface area (Å²) in [6, 6.07) is 7.61. The van der Waals surface area contributed by atoms with Crippen molar-refractivity contribution in [2.75, 3.05) is 12.3 Å². The number of anilines is 1. The minimum atomic E-state index is 0.0467. The summed E-state index contributed by atoms with van der Waals surface area (Å²) in [6.07, 6.45) is 1.20. The van der Waals surface area contributed by atoms with Crippen LogP contribution in [0.25, 0.3) is 0 Å². The molecule has 0 saturated heterocycles. The van der Waals surface area contributed by atoms with Crippen molar-refractivity contribution in [3.63, 3.8) is 0 Å². The standard InChI is InChI=1S/C13H18N2O/c1-10(2)9-15-13(16)7-6-11-4-3-5-12(14)8-11/h3-5,8H,1,6-7,9,14H2,2H3,(H,15,16). The average Bonchev–Trinajstić information content (AvgIpc) is 2.23. The minimum absolute atomic E-state index is 0.0467. The Bertz CT molecular complexity index is 385. The summed E-state index contributed by atoms with van der Waals surface area (Å²) in [5, 5.41) is 2.80. The Balaban J connectivity index is 2.34. The van der Waals surface area contributed by atoms with Crippen molar-refractivity contribution in [1.29, 1.82) is 0 Å². The number of nitrogen functional groups attached to an aromatic ring is 1. The molecule has 0 radical (unpaired) electrons. The van der Waals surface area contributed by atoms with Crippen LogP contribution in [0.5, 0.6) is 0 Å². The zero-order chi connectivity index (χ0) is 12.0. The molecule has 0 bridgehead atoms. The number of hydrogen-bond acceptors (Lipinski definition) is 2. The van der Waals surface area contributed by atoms with Crippen molar-refractivity contribution in [3.05, 3.63) is 42.0 Å². The van der Waals surface area contributed by atoms with Crippen molar-refractivity contribution < 1.29 is 4.79 Å². The molecule has 0 saturated carbocycles. The van der Waals surface area contributed by atoms with Gasteiger partial charge in [-0.15, -0.1) is 0 Å². The maximum absolute atomic E-state index is 11.4. The quantitative estimate of drug-likeness (QED) is 0.585. The molecule has 0 atom stereocenters. The highest BCUT2D eigenvalue weighted by Crippen LogP contribution is 2.08. The van der Waals surface area contributed by atoms with E-state index < -0.39 is 0 Å². The van der Waals surface area contributed by atoms with E-state index in [9.17, 15) is 4.79 Å². The third-order valence-electron chi connectivity index (χ3n) is 2.18. The summed E-state index contributed by atoms with van der Waals surface area (Å²) in [4.78, 5) is 11.4. The predicted octanol–water partition coefficient (Wildman–Crippen LogP) is 1.89. The predicted molar refractivity (Wildman–Crippen MR) is 67.0 cm³/mol. The molecule has 3 heteroatoms. The largest absolute Gasteiger partial charge is 0.399 e. The van der Waals surface area contributed by atoms with Gasteiger partial charge in [-0.3, -0.25) is 4.79 Å². The fourth-order valence-electron chi connectivity index (χ4n) is 1.34. The fourth-order valence-corrected chi connectivity index (χ4v) is 1.34. The molecule has 1 aromatic rings. The normalized spacial score (nSPS) is 9.81. The van der Waals surface area contributed by atoms with Crippen molar-refractivity contribution >= 4 is 11.6 Å². The lowest BCUT2D eigenvalue weighted by atomic mass is 10.1. The van der Waals surface area contributed by atoms with E-state index in [4.69, 9.17) is 5.73 Å². The van der Waals surface area contributed by atoms with Crippen molar-refractivity contribution in [3.8, 4) is 0 Å². The smallest absolute Gasteiger partial charge is 0.220 e. The van der Waals surface area contributed by atoms with E-state index in [2.05, 4.69) is 11.9 Å². The van der Waals surface area contributed by atoms with Crippen molar-refractivity contribution in [2.24, 2.45) is 0 Å². The summed E-state index contributed by atoms with van der Waals surface area (Å²) in [7, 11) is 0. The van der Waals surface area contributed by atoms with Crippen LogP contribution >= 0.6 is 0 Å². The van der Waals surface area contributed by atoms with Crippen LogP contribution in [-0.2, 0) is 11.2 Å². The first-order chi connectivity index (χ1) is 7.58. The van der Waals surface area contributed by atoms with Gasteiger partial charge in [0, 0.05) is 18.7 Å². The molecule has 1 aromatic carbocycles. The first kappa shape index (κ1) is 12.3. The fraction of sp³-hybridized carbons (Fsp3) is 0.308. The molecule has 1 amide bonds. The van der Waals surface area contributed by atoms with E-state index in [1.807, 2.05) is 31.2 Å². The Kier molecular flexibility index (Phi) is 4.58. The van der Waals surface area contributed by atoms with E-state index in [0.717, 1.165) is 16.8 Å². The number of benzene rings is 1. The molecule has 0 heterocycles.